The summed E-state index contributed by atoms with van der Waals surface area (Å²) in [5, 5.41) is -3.93. The Morgan fingerprint density at radius 3 is 2.12 bits per heavy atom. The Bertz CT molecular complexity index is 409. The van der Waals surface area contributed by atoms with Crippen molar-refractivity contribution in [2.75, 3.05) is 0 Å². The number of hydrogen-bond acceptors (Lipinski definition) is 3. The van der Waals surface area contributed by atoms with Gasteiger partial charge in [0.15, 0.2) is 0 Å². The van der Waals surface area contributed by atoms with Crippen LogP contribution in [0.5, 0.6) is 5.75 Å². The van der Waals surface area contributed by atoms with Crippen LogP contribution < -0.4 is 4.74 Å². The van der Waals surface area contributed by atoms with Crippen LogP contribution in [0.25, 0.3) is 0 Å². The molecule has 6 heteroatoms. The third-order valence-electron chi connectivity index (χ3n) is 1.64. The summed E-state index contributed by atoms with van der Waals surface area (Å²) in [6.07, 6.45) is 0. The van der Waals surface area contributed by atoms with Crippen molar-refractivity contribution in [2.24, 2.45) is 0 Å². The molecule has 0 aromatic heterocycles. The first-order valence-corrected chi connectivity index (χ1v) is 4.58. The number of benzene rings is 1. The summed E-state index contributed by atoms with van der Waals surface area (Å²) in [5.41, 5.74) is -0.254. The zero-order chi connectivity index (χ0) is 12.3. The molecular formula is C10H7ClF2O3. The molecule has 86 valence electrons. The van der Waals surface area contributed by atoms with Gasteiger partial charge in [0.1, 0.15) is 5.75 Å². The fraction of sp³-hybridized carbons (Fsp3) is 0.200. The van der Waals surface area contributed by atoms with Crippen molar-refractivity contribution >= 4 is 23.4 Å². The molecule has 0 aliphatic carbocycles. The lowest BCUT2D eigenvalue weighted by Crippen LogP contribution is -2.21. The molecule has 0 spiro atoms. The zero-order valence-electron chi connectivity index (χ0n) is 8.17. The van der Waals surface area contributed by atoms with Gasteiger partial charge in [-0.1, -0.05) is 0 Å². The highest BCUT2D eigenvalue weighted by Gasteiger charge is 2.36. The van der Waals surface area contributed by atoms with E-state index in [9.17, 15) is 18.4 Å². The third kappa shape index (κ3) is 3.27. The van der Waals surface area contributed by atoms with E-state index in [4.69, 9.17) is 0 Å². The summed E-state index contributed by atoms with van der Waals surface area (Å²) >= 11 is 4.57. The molecule has 0 aliphatic heterocycles. The highest BCUT2D eigenvalue weighted by atomic mass is 35.5. The van der Waals surface area contributed by atoms with E-state index < -0.39 is 17.1 Å². The van der Waals surface area contributed by atoms with Crippen molar-refractivity contribution < 1.29 is 23.1 Å². The number of carbonyl (C=O) groups excluding carboxylic acids is 2. The van der Waals surface area contributed by atoms with Crippen LogP contribution >= 0.6 is 11.6 Å². The van der Waals surface area contributed by atoms with E-state index in [0.717, 1.165) is 12.1 Å². The molecule has 1 aromatic carbocycles. The molecule has 0 atom stereocenters. The molecule has 0 bridgehead atoms. The van der Waals surface area contributed by atoms with Crippen molar-refractivity contribution in [2.45, 2.75) is 12.3 Å². The normalized spacial score (nSPS) is 11.0. The quantitative estimate of drug-likeness (QED) is 0.357. The minimum atomic E-state index is -3.93. The standard InChI is InChI=1S/C10H7ClF2O3/c1-6(14)16-8-4-2-7(3-5-8)9(15)10(11,12)13/h2-5H,1H3. The number of halogens is 3. The Morgan fingerprint density at radius 2 is 1.75 bits per heavy atom. The van der Waals surface area contributed by atoms with Crippen molar-refractivity contribution in [1.82, 2.24) is 0 Å². The Labute approximate surface area is 95.0 Å². The van der Waals surface area contributed by atoms with Gasteiger partial charge in [-0.2, -0.15) is 8.78 Å². The topological polar surface area (TPSA) is 43.4 Å². The van der Waals surface area contributed by atoms with Crippen molar-refractivity contribution in [3.63, 3.8) is 0 Å². The summed E-state index contributed by atoms with van der Waals surface area (Å²) in [4.78, 5) is 21.6. The monoisotopic (exact) mass is 248 g/mol. The van der Waals surface area contributed by atoms with E-state index >= 15 is 0 Å². The predicted octanol–water partition coefficient (Wildman–Crippen LogP) is 2.63. The smallest absolute Gasteiger partial charge is 0.384 e. The maximum atomic E-state index is 12.4. The Hall–Kier alpha value is -1.49. The molecule has 0 radical (unpaired) electrons. The van der Waals surface area contributed by atoms with Gasteiger partial charge in [-0.15, -0.1) is 0 Å². The zero-order valence-corrected chi connectivity index (χ0v) is 8.92. The molecule has 0 saturated carbocycles. The number of carbonyl (C=O) groups is 2. The Kier molecular flexibility index (Phi) is 3.59. The Morgan fingerprint density at radius 1 is 1.25 bits per heavy atom. The highest BCUT2D eigenvalue weighted by Crippen LogP contribution is 2.25. The molecule has 0 fully saturated rings. The molecular weight excluding hydrogens is 242 g/mol. The number of hydrogen-bond donors (Lipinski definition) is 0. The largest absolute Gasteiger partial charge is 0.427 e. The molecule has 0 amide bonds. The lowest BCUT2D eigenvalue weighted by molar-refractivity contribution is -0.131. The van der Waals surface area contributed by atoms with Crippen LogP contribution in [-0.4, -0.2) is 17.1 Å². The van der Waals surface area contributed by atoms with Gasteiger partial charge in [0.25, 0.3) is 0 Å². The van der Waals surface area contributed by atoms with Gasteiger partial charge >= 0.3 is 11.4 Å². The second kappa shape index (κ2) is 4.57. The lowest BCUT2D eigenvalue weighted by Gasteiger charge is -2.07. The first-order chi connectivity index (χ1) is 7.30. The molecule has 16 heavy (non-hydrogen) atoms. The first-order valence-electron chi connectivity index (χ1n) is 4.20. The SMILES string of the molecule is CC(=O)Oc1ccc(C(=O)C(F)(F)Cl)cc1. The maximum Gasteiger partial charge on any atom is 0.384 e. The summed E-state index contributed by atoms with van der Waals surface area (Å²) in [5.74, 6) is -1.87. The van der Waals surface area contributed by atoms with Crippen LogP contribution in [0, 0.1) is 0 Å². The summed E-state index contributed by atoms with van der Waals surface area (Å²) in [6.45, 7) is 1.20. The molecule has 0 heterocycles. The van der Waals surface area contributed by atoms with Crippen LogP contribution in [0.15, 0.2) is 24.3 Å². The second-order valence-corrected chi connectivity index (χ2v) is 3.42. The van der Waals surface area contributed by atoms with Crippen LogP contribution in [0.2, 0.25) is 0 Å². The molecule has 0 N–H and O–H groups in total. The van der Waals surface area contributed by atoms with Gasteiger partial charge in [0, 0.05) is 12.5 Å². The molecule has 3 nitrogen and oxygen atoms in total. The molecule has 0 saturated heterocycles. The summed E-state index contributed by atoms with van der Waals surface area (Å²) in [7, 11) is 0. The van der Waals surface area contributed by atoms with Crippen LogP contribution in [0.3, 0.4) is 0 Å². The van der Waals surface area contributed by atoms with Gasteiger partial charge in [-0.05, 0) is 35.9 Å². The van der Waals surface area contributed by atoms with Crippen molar-refractivity contribution in [1.29, 1.82) is 0 Å². The van der Waals surface area contributed by atoms with Crippen LogP contribution in [-0.2, 0) is 4.79 Å². The fourth-order valence-corrected chi connectivity index (χ4v) is 1.11. The van der Waals surface area contributed by atoms with Gasteiger partial charge in [-0.3, -0.25) is 9.59 Å². The number of Topliss-reactive ketones (excluding diaryl/α,β-unsaturated/α-hetero) is 1. The number of ketones is 1. The fourth-order valence-electron chi connectivity index (χ4n) is 1.00. The molecule has 0 aliphatic rings. The number of ether oxygens (including phenoxy) is 1. The van der Waals surface area contributed by atoms with E-state index in [0.29, 0.717) is 0 Å². The molecule has 1 aromatic rings. The van der Waals surface area contributed by atoms with E-state index in [1.807, 2.05) is 0 Å². The number of alkyl halides is 3. The van der Waals surface area contributed by atoms with Gasteiger partial charge in [-0.25, -0.2) is 0 Å². The second-order valence-electron chi connectivity index (χ2n) is 2.94. The number of esters is 1. The predicted molar refractivity (Wildman–Crippen MR) is 52.9 cm³/mol. The minimum absolute atomic E-state index is 0.168. The van der Waals surface area contributed by atoms with Gasteiger partial charge in [0.2, 0.25) is 5.78 Å². The van der Waals surface area contributed by atoms with E-state index in [1.165, 1.54) is 19.1 Å². The maximum absolute atomic E-state index is 12.4. The van der Waals surface area contributed by atoms with E-state index in [1.54, 1.807) is 0 Å². The highest BCUT2D eigenvalue weighted by molar-refractivity contribution is 6.35. The van der Waals surface area contributed by atoms with E-state index in [2.05, 4.69) is 16.3 Å². The average Bonchev–Trinajstić information content (AvgIpc) is 2.15. The Balaban J connectivity index is 2.87. The molecule has 0 unspecified atom stereocenters. The third-order valence-corrected chi connectivity index (χ3v) is 1.81. The van der Waals surface area contributed by atoms with Crippen molar-refractivity contribution in [3.05, 3.63) is 29.8 Å². The average molecular weight is 249 g/mol. The summed E-state index contributed by atoms with van der Waals surface area (Å²) < 4.78 is 29.5. The van der Waals surface area contributed by atoms with Crippen LogP contribution in [0.4, 0.5) is 8.78 Å². The van der Waals surface area contributed by atoms with E-state index in [-0.39, 0.29) is 11.3 Å². The van der Waals surface area contributed by atoms with Crippen molar-refractivity contribution in [3.8, 4) is 5.75 Å². The lowest BCUT2D eigenvalue weighted by atomic mass is 10.1. The van der Waals surface area contributed by atoms with Gasteiger partial charge < -0.3 is 4.74 Å². The van der Waals surface area contributed by atoms with Crippen LogP contribution in [0.1, 0.15) is 17.3 Å². The summed E-state index contributed by atoms with van der Waals surface area (Å²) in [6, 6.07) is 4.68. The minimum Gasteiger partial charge on any atom is -0.427 e. The van der Waals surface area contributed by atoms with Gasteiger partial charge in [0.05, 0.1) is 0 Å². The first kappa shape index (κ1) is 12.6. The number of rotatable bonds is 3. The molecule has 1 rings (SSSR count).